The van der Waals surface area contributed by atoms with Crippen LogP contribution in [0.3, 0.4) is 0 Å². The lowest BCUT2D eigenvalue weighted by Gasteiger charge is -2.01. The third kappa shape index (κ3) is 2.37. The van der Waals surface area contributed by atoms with Crippen molar-refractivity contribution in [3.63, 3.8) is 0 Å². The van der Waals surface area contributed by atoms with E-state index in [9.17, 15) is 4.79 Å². The minimum atomic E-state index is -1.04. The van der Waals surface area contributed by atoms with Crippen LogP contribution in [0.1, 0.15) is 10.4 Å². The molecule has 82 valence electrons. The Bertz CT molecular complexity index is 513. The lowest BCUT2D eigenvalue weighted by Crippen LogP contribution is -1.96. The second kappa shape index (κ2) is 4.59. The van der Waals surface area contributed by atoms with Crippen molar-refractivity contribution in [2.75, 3.05) is 0 Å². The van der Waals surface area contributed by atoms with E-state index in [1.807, 2.05) is 0 Å². The Balaban J connectivity index is 2.24. The number of rotatable bonds is 3. The molecular weight excluding hydrogens is 250 g/mol. The zero-order valence-corrected chi connectivity index (χ0v) is 9.46. The summed E-state index contributed by atoms with van der Waals surface area (Å²) in [5, 5.41) is 9.47. The maximum atomic E-state index is 10.7. The molecule has 4 nitrogen and oxygen atoms in total. The van der Waals surface area contributed by atoms with Gasteiger partial charge in [-0.2, -0.15) is 0 Å². The van der Waals surface area contributed by atoms with Gasteiger partial charge < -0.3 is 9.52 Å². The van der Waals surface area contributed by atoms with Crippen LogP contribution in [0.15, 0.2) is 45.2 Å². The van der Waals surface area contributed by atoms with E-state index in [0.29, 0.717) is 5.22 Å². The first-order chi connectivity index (χ1) is 7.66. The van der Waals surface area contributed by atoms with Crippen molar-refractivity contribution in [3.05, 3.63) is 41.2 Å². The summed E-state index contributed by atoms with van der Waals surface area (Å²) >= 11 is 7.09. The van der Waals surface area contributed by atoms with Gasteiger partial charge in [0.1, 0.15) is 6.26 Å². The average Bonchev–Trinajstić information content (AvgIpc) is 2.70. The number of carboxylic acids is 1. The molecule has 16 heavy (non-hydrogen) atoms. The van der Waals surface area contributed by atoms with Crippen LogP contribution in [0.5, 0.6) is 0 Å². The zero-order valence-electron chi connectivity index (χ0n) is 7.88. The Labute approximate surface area is 100 Å². The fraction of sp³-hybridized carbons (Fsp3) is 0. The summed E-state index contributed by atoms with van der Waals surface area (Å²) < 4.78 is 5.05. The minimum absolute atomic E-state index is 0.0819. The Kier molecular flexibility index (Phi) is 3.17. The van der Waals surface area contributed by atoms with Crippen LogP contribution < -0.4 is 0 Å². The maximum Gasteiger partial charge on any atom is 0.337 e. The van der Waals surface area contributed by atoms with Gasteiger partial charge >= 0.3 is 5.97 Å². The Morgan fingerprint density at radius 1 is 1.50 bits per heavy atom. The molecule has 2 aromatic rings. The van der Waals surface area contributed by atoms with Crippen molar-refractivity contribution < 1.29 is 14.3 Å². The van der Waals surface area contributed by atoms with Crippen LogP contribution >= 0.6 is 23.4 Å². The van der Waals surface area contributed by atoms with E-state index >= 15 is 0 Å². The van der Waals surface area contributed by atoms with Crippen LogP contribution in [-0.4, -0.2) is 16.1 Å². The number of nitrogens with zero attached hydrogens (tertiary/aromatic N) is 1. The fourth-order valence-electron chi connectivity index (χ4n) is 1.09. The normalized spacial score (nSPS) is 10.3. The molecule has 0 bridgehead atoms. The summed E-state index contributed by atoms with van der Waals surface area (Å²) in [6, 6.07) is 4.68. The number of halogens is 1. The summed E-state index contributed by atoms with van der Waals surface area (Å²) in [7, 11) is 0. The Hall–Kier alpha value is -1.46. The average molecular weight is 256 g/mol. The van der Waals surface area contributed by atoms with Gasteiger partial charge in [0.25, 0.3) is 5.22 Å². The van der Waals surface area contributed by atoms with Crippen LogP contribution in [0.25, 0.3) is 0 Å². The van der Waals surface area contributed by atoms with E-state index in [2.05, 4.69) is 4.98 Å². The second-order valence-electron chi connectivity index (χ2n) is 2.85. The molecule has 1 aromatic carbocycles. The number of aromatic carboxylic acids is 1. The maximum absolute atomic E-state index is 10.7. The number of hydrogen-bond donors (Lipinski definition) is 1. The Morgan fingerprint density at radius 2 is 2.31 bits per heavy atom. The largest absolute Gasteiger partial charge is 0.478 e. The molecular formula is C10H6ClNO3S. The van der Waals surface area contributed by atoms with E-state index in [-0.39, 0.29) is 10.6 Å². The number of aromatic nitrogens is 1. The first-order valence-electron chi connectivity index (χ1n) is 4.27. The lowest BCUT2D eigenvalue weighted by molar-refractivity contribution is 0.0697. The molecule has 0 spiro atoms. The second-order valence-corrected chi connectivity index (χ2v) is 4.28. The molecule has 2 rings (SSSR count). The standard InChI is InChI=1S/C10H6ClNO3S/c11-8-5-6(1-2-7(8)9(13)14)16-10-12-3-4-15-10/h1-5H,(H,13,14). The highest BCUT2D eigenvalue weighted by molar-refractivity contribution is 7.99. The van der Waals surface area contributed by atoms with Gasteiger partial charge in [0.15, 0.2) is 0 Å². The fourth-order valence-corrected chi connectivity index (χ4v) is 2.15. The first kappa shape index (κ1) is 11.0. The SMILES string of the molecule is O=C(O)c1ccc(Sc2ncco2)cc1Cl. The van der Waals surface area contributed by atoms with Gasteiger partial charge in [0.2, 0.25) is 0 Å². The van der Waals surface area contributed by atoms with Crippen molar-refractivity contribution in [2.24, 2.45) is 0 Å². The number of oxazole rings is 1. The summed E-state index contributed by atoms with van der Waals surface area (Å²) in [4.78, 5) is 15.4. The van der Waals surface area contributed by atoms with Crippen molar-refractivity contribution in [2.45, 2.75) is 10.1 Å². The molecule has 0 radical (unpaired) electrons. The topological polar surface area (TPSA) is 63.3 Å². The van der Waals surface area contributed by atoms with E-state index < -0.39 is 5.97 Å². The summed E-state index contributed by atoms with van der Waals surface area (Å²) in [5.74, 6) is -1.04. The van der Waals surface area contributed by atoms with Crippen LogP contribution in [0.2, 0.25) is 5.02 Å². The van der Waals surface area contributed by atoms with Crippen molar-refractivity contribution >= 4 is 29.3 Å². The van der Waals surface area contributed by atoms with E-state index in [1.54, 1.807) is 12.1 Å². The molecule has 1 heterocycles. The first-order valence-corrected chi connectivity index (χ1v) is 5.46. The molecule has 0 amide bonds. The Morgan fingerprint density at radius 3 is 2.88 bits per heavy atom. The third-order valence-electron chi connectivity index (χ3n) is 1.79. The molecule has 0 aliphatic heterocycles. The van der Waals surface area contributed by atoms with Crippen molar-refractivity contribution in [1.29, 1.82) is 0 Å². The van der Waals surface area contributed by atoms with Gasteiger partial charge in [0.05, 0.1) is 16.8 Å². The zero-order chi connectivity index (χ0) is 11.5. The van der Waals surface area contributed by atoms with Crippen molar-refractivity contribution in [3.8, 4) is 0 Å². The predicted octanol–water partition coefficient (Wildman–Crippen LogP) is 3.18. The molecule has 6 heteroatoms. The molecule has 0 atom stereocenters. The van der Waals surface area contributed by atoms with E-state index in [0.717, 1.165) is 4.90 Å². The molecule has 0 saturated carbocycles. The molecule has 0 aliphatic rings. The lowest BCUT2D eigenvalue weighted by atomic mass is 10.2. The summed E-state index contributed by atoms with van der Waals surface area (Å²) in [6.45, 7) is 0. The number of carboxylic acid groups (broad SMARTS) is 1. The van der Waals surface area contributed by atoms with Crippen LogP contribution in [0, 0.1) is 0 Å². The molecule has 1 aromatic heterocycles. The predicted molar refractivity (Wildman–Crippen MR) is 59.0 cm³/mol. The van der Waals surface area contributed by atoms with Gasteiger partial charge in [-0.3, -0.25) is 0 Å². The quantitative estimate of drug-likeness (QED) is 0.913. The monoisotopic (exact) mass is 255 g/mol. The van der Waals surface area contributed by atoms with Gasteiger partial charge in [-0.25, -0.2) is 9.78 Å². The molecule has 1 N–H and O–H groups in total. The van der Waals surface area contributed by atoms with E-state index in [1.165, 1.54) is 30.3 Å². The highest BCUT2D eigenvalue weighted by atomic mass is 35.5. The van der Waals surface area contributed by atoms with Gasteiger partial charge in [0, 0.05) is 4.90 Å². The van der Waals surface area contributed by atoms with Gasteiger partial charge in [-0.1, -0.05) is 11.6 Å². The molecule has 0 fully saturated rings. The highest BCUT2D eigenvalue weighted by Crippen LogP contribution is 2.29. The van der Waals surface area contributed by atoms with Gasteiger partial charge in [-0.15, -0.1) is 0 Å². The molecule has 0 saturated heterocycles. The molecule has 0 unspecified atom stereocenters. The highest BCUT2D eigenvalue weighted by Gasteiger charge is 2.10. The van der Waals surface area contributed by atoms with Crippen LogP contribution in [0.4, 0.5) is 0 Å². The smallest absolute Gasteiger partial charge is 0.337 e. The summed E-state index contributed by atoms with van der Waals surface area (Å²) in [5.41, 5.74) is 0.0819. The number of hydrogen-bond acceptors (Lipinski definition) is 4. The summed E-state index contributed by atoms with van der Waals surface area (Å²) in [6.07, 6.45) is 3.01. The number of carbonyl (C=O) groups is 1. The minimum Gasteiger partial charge on any atom is -0.478 e. The van der Waals surface area contributed by atoms with Crippen molar-refractivity contribution in [1.82, 2.24) is 4.98 Å². The number of benzene rings is 1. The third-order valence-corrected chi connectivity index (χ3v) is 2.96. The van der Waals surface area contributed by atoms with Crippen LogP contribution in [-0.2, 0) is 0 Å². The molecule has 0 aliphatic carbocycles. The van der Waals surface area contributed by atoms with E-state index in [4.69, 9.17) is 21.1 Å². The van der Waals surface area contributed by atoms with Gasteiger partial charge in [-0.05, 0) is 30.0 Å².